The zero-order valence-electron chi connectivity index (χ0n) is 16.4. The predicted molar refractivity (Wildman–Crippen MR) is 126 cm³/mol. The number of rotatable bonds is 4. The Hall–Kier alpha value is -1.50. The first-order valence-electron chi connectivity index (χ1n) is 9.33. The molecule has 2 aliphatic rings. The first-order valence-corrected chi connectivity index (χ1v) is 9.33. The number of halogens is 3. The molecule has 0 bridgehead atoms. The first kappa shape index (κ1) is 25.5. The van der Waals surface area contributed by atoms with Crippen molar-refractivity contribution in [2.75, 3.05) is 0 Å². The molecule has 2 aromatic rings. The molecule has 2 unspecified atom stereocenters. The van der Waals surface area contributed by atoms with Gasteiger partial charge in [0.1, 0.15) is 17.3 Å². The van der Waals surface area contributed by atoms with Gasteiger partial charge in [0.2, 0.25) is 0 Å². The van der Waals surface area contributed by atoms with E-state index in [2.05, 4.69) is 46.7 Å². The lowest BCUT2D eigenvalue weighted by Gasteiger charge is -2.29. The van der Waals surface area contributed by atoms with Crippen molar-refractivity contribution in [2.24, 2.45) is 16.5 Å². The average molecular weight is 460 g/mol. The van der Waals surface area contributed by atoms with Gasteiger partial charge in [0.15, 0.2) is 6.10 Å². The van der Waals surface area contributed by atoms with Crippen LogP contribution in [-0.2, 0) is 19.5 Å². The van der Waals surface area contributed by atoms with Crippen molar-refractivity contribution in [3.05, 3.63) is 58.7 Å². The number of hydrogen-bond donors (Lipinski definition) is 3. The summed E-state index contributed by atoms with van der Waals surface area (Å²) in [7, 11) is 0. The van der Waals surface area contributed by atoms with E-state index < -0.39 is 0 Å². The second-order valence-electron chi connectivity index (χ2n) is 7.17. The number of aliphatic imine (C=N–C) groups is 1. The Morgan fingerprint density at radius 3 is 2.66 bits per heavy atom. The Morgan fingerprint density at radius 2 is 1.90 bits per heavy atom. The summed E-state index contributed by atoms with van der Waals surface area (Å²) in [4.78, 5) is 4.54. The van der Waals surface area contributed by atoms with Crippen LogP contribution in [0.25, 0.3) is 0 Å². The maximum Gasteiger partial charge on any atom is 0.153 e. The normalized spacial score (nSPS) is 19.2. The zero-order chi connectivity index (χ0) is 18.1. The van der Waals surface area contributed by atoms with Crippen molar-refractivity contribution in [1.29, 1.82) is 0 Å². The summed E-state index contributed by atoms with van der Waals surface area (Å²) in [5.41, 5.74) is 17.7. The number of amidine groups is 1. The highest BCUT2D eigenvalue weighted by Crippen LogP contribution is 2.40. The molecule has 5 N–H and O–H groups in total. The molecule has 2 aromatic carbocycles. The van der Waals surface area contributed by atoms with E-state index in [0.29, 0.717) is 18.4 Å². The maximum absolute atomic E-state index is 5.96. The Labute approximate surface area is 190 Å². The third kappa shape index (κ3) is 5.56. The Kier molecular flexibility index (Phi) is 9.73. The van der Waals surface area contributed by atoms with E-state index in [0.717, 1.165) is 30.8 Å². The topological polar surface area (TPSA) is 85.7 Å². The molecule has 0 radical (unpaired) electrons. The Balaban J connectivity index is 0.00000140. The minimum absolute atomic E-state index is 0. The molecule has 1 aliphatic heterocycles. The van der Waals surface area contributed by atoms with E-state index >= 15 is 0 Å². The summed E-state index contributed by atoms with van der Waals surface area (Å²) in [6, 6.07) is 13.1. The number of aryl methyl sites for hydroxylation is 1. The van der Waals surface area contributed by atoms with Gasteiger partial charge in [0.25, 0.3) is 0 Å². The monoisotopic (exact) mass is 458 g/mol. The molecule has 1 aliphatic carbocycles. The van der Waals surface area contributed by atoms with Gasteiger partial charge in [-0.2, -0.15) is 0 Å². The predicted octanol–water partition coefficient (Wildman–Crippen LogP) is 4.35. The fourth-order valence-electron chi connectivity index (χ4n) is 3.80. The van der Waals surface area contributed by atoms with Gasteiger partial charge in [0.05, 0.1) is 0 Å². The first-order chi connectivity index (χ1) is 12.6. The molecule has 1 heterocycles. The number of fused-ring (bicyclic) bond motifs is 2. The van der Waals surface area contributed by atoms with Crippen LogP contribution in [-0.4, -0.2) is 11.9 Å². The van der Waals surface area contributed by atoms with E-state index in [-0.39, 0.29) is 43.3 Å². The van der Waals surface area contributed by atoms with Crippen LogP contribution in [0.5, 0.6) is 5.75 Å². The van der Waals surface area contributed by atoms with Crippen molar-refractivity contribution in [3.8, 4) is 5.75 Å². The molecular weight excluding hydrogens is 431 g/mol. The standard InChI is InChI=1S/C21H26N4O.3ClH/c1-13-21(23)25-19-10-17-16(9-20(19)26-13)6-3-7-18(17)24-12-15-5-2-4-14(8-15)11-22;;;/h2,4-5,8-10,13,18,24H,3,6-7,11-12,22H2,1H3,(H2,23,25);3*1H. The van der Waals surface area contributed by atoms with Gasteiger partial charge in [0, 0.05) is 19.1 Å². The maximum atomic E-state index is 5.96. The van der Waals surface area contributed by atoms with Crippen molar-refractivity contribution >= 4 is 48.7 Å². The molecule has 5 nitrogen and oxygen atoms in total. The fraction of sp³-hybridized carbons (Fsp3) is 0.381. The lowest BCUT2D eigenvalue weighted by atomic mass is 9.86. The zero-order valence-corrected chi connectivity index (χ0v) is 18.8. The summed E-state index contributed by atoms with van der Waals surface area (Å²) < 4.78 is 5.91. The van der Waals surface area contributed by atoms with Crippen molar-refractivity contribution in [3.63, 3.8) is 0 Å². The summed E-state index contributed by atoms with van der Waals surface area (Å²) in [6.07, 6.45) is 3.22. The summed E-state index contributed by atoms with van der Waals surface area (Å²) >= 11 is 0. The van der Waals surface area contributed by atoms with Crippen LogP contribution < -0.4 is 21.5 Å². The van der Waals surface area contributed by atoms with Gasteiger partial charge in [-0.15, -0.1) is 37.2 Å². The summed E-state index contributed by atoms with van der Waals surface area (Å²) in [5, 5.41) is 3.71. The van der Waals surface area contributed by atoms with Crippen LogP contribution in [0, 0.1) is 0 Å². The van der Waals surface area contributed by atoms with Crippen LogP contribution in [0.15, 0.2) is 41.4 Å². The number of nitrogens with one attached hydrogen (secondary N) is 1. The molecule has 29 heavy (non-hydrogen) atoms. The quantitative estimate of drug-likeness (QED) is 0.634. The Bertz CT molecular complexity index is 860. The summed E-state index contributed by atoms with van der Waals surface area (Å²) in [6.45, 7) is 3.33. The average Bonchev–Trinajstić information content (AvgIpc) is 2.66. The molecule has 0 amide bonds. The number of benzene rings is 2. The molecular formula is C21H29Cl3N4O. The van der Waals surface area contributed by atoms with Gasteiger partial charge in [-0.1, -0.05) is 24.3 Å². The van der Waals surface area contributed by atoms with Gasteiger partial charge >= 0.3 is 0 Å². The fourth-order valence-corrected chi connectivity index (χ4v) is 3.80. The lowest BCUT2D eigenvalue weighted by molar-refractivity contribution is 0.281. The summed E-state index contributed by atoms with van der Waals surface area (Å²) in [5.74, 6) is 1.39. The van der Waals surface area contributed by atoms with Gasteiger partial charge < -0.3 is 21.5 Å². The van der Waals surface area contributed by atoms with Gasteiger partial charge in [-0.05, 0) is 60.6 Å². The highest BCUT2D eigenvalue weighted by Gasteiger charge is 2.25. The number of ether oxygens (including phenoxy) is 1. The lowest BCUT2D eigenvalue weighted by Crippen LogP contribution is -2.33. The number of nitrogens with zero attached hydrogens (tertiary/aromatic N) is 1. The molecule has 160 valence electrons. The van der Waals surface area contributed by atoms with Crippen LogP contribution in [0.3, 0.4) is 0 Å². The van der Waals surface area contributed by atoms with E-state index in [1.165, 1.54) is 28.7 Å². The molecule has 2 atom stereocenters. The van der Waals surface area contributed by atoms with Crippen LogP contribution in [0.1, 0.15) is 48.1 Å². The largest absolute Gasteiger partial charge is 0.481 e. The van der Waals surface area contributed by atoms with Gasteiger partial charge in [-0.25, -0.2) is 4.99 Å². The molecule has 0 saturated carbocycles. The van der Waals surface area contributed by atoms with Crippen molar-refractivity contribution < 1.29 is 4.74 Å². The van der Waals surface area contributed by atoms with Crippen molar-refractivity contribution in [1.82, 2.24) is 5.32 Å². The second kappa shape index (κ2) is 11.0. The highest BCUT2D eigenvalue weighted by atomic mass is 35.5. The van der Waals surface area contributed by atoms with Crippen molar-refractivity contribution in [2.45, 2.75) is 51.4 Å². The number of hydrogen-bond acceptors (Lipinski definition) is 5. The molecule has 0 saturated heterocycles. The minimum atomic E-state index is -0.159. The van der Waals surface area contributed by atoms with Crippen LogP contribution >= 0.6 is 37.2 Å². The third-order valence-corrected chi connectivity index (χ3v) is 5.28. The smallest absolute Gasteiger partial charge is 0.153 e. The van der Waals surface area contributed by atoms with E-state index in [4.69, 9.17) is 16.2 Å². The van der Waals surface area contributed by atoms with E-state index in [1.54, 1.807) is 0 Å². The highest BCUT2D eigenvalue weighted by molar-refractivity contribution is 5.90. The van der Waals surface area contributed by atoms with Crippen LogP contribution in [0.4, 0.5) is 5.69 Å². The number of nitrogens with two attached hydrogens (primary N) is 2. The molecule has 0 spiro atoms. The SMILES string of the molecule is CC1Oc2cc3c(cc2N=C1N)C(NCc1cccc(CN)c1)CCC3.Cl.Cl.Cl. The minimum Gasteiger partial charge on any atom is -0.481 e. The molecule has 0 aromatic heterocycles. The van der Waals surface area contributed by atoms with Gasteiger partial charge in [-0.3, -0.25) is 0 Å². The second-order valence-corrected chi connectivity index (χ2v) is 7.17. The molecule has 8 heteroatoms. The Morgan fingerprint density at radius 1 is 1.14 bits per heavy atom. The molecule has 0 fully saturated rings. The van der Waals surface area contributed by atoms with E-state index in [1.807, 2.05) is 6.92 Å². The van der Waals surface area contributed by atoms with E-state index in [9.17, 15) is 0 Å². The molecule has 4 rings (SSSR count). The van der Waals surface area contributed by atoms with Crippen LogP contribution in [0.2, 0.25) is 0 Å². The third-order valence-electron chi connectivity index (χ3n) is 5.28.